The van der Waals surface area contributed by atoms with Crippen molar-refractivity contribution in [2.75, 3.05) is 26.7 Å². The van der Waals surface area contributed by atoms with Crippen molar-refractivity contribution in [1.82, 2.24) is 20.4 Å². The first-order valence-electron chi connectivity index (χ1n) is 7.53. The number of hydrogen-bond acceptors (Lipinski definition) is 3. The van der Waals surface area contributed by atoms with Crippen LogP contribution in [0.1, 0.15) is 32.8 Å². The summed E-state index contributed by atoms with van der Waals surface area (Å²) in [6.45, 7) is 11.4. The van der Waals surface area contributed by atoms with Gasteiger partial charge in [0.25, 0.3) is 0 Å². The van der Waals surface area contributed by atoms with Gasteiger partial charge in [0.2, 0.25) is 0 Å². The largest absolute Gasteiger partial charge is 0.377 e. The molecular weight excluding hydrogens is 266 g/mol. The molecule has 0 spiro atoms. The van der Waals surface area contributed by atoms with E-state index in [0.717, 1.165) is 32.0 Å². The maximum Gasteiger partial charge on any atom is 0.191 e. The van der Waals surface area contributed by atoms with Crippen molar-refractivity contribution in [3.63, 3.8) is 0 Å². The molecular formula is C15H29N5O. The number of hydrogen-bond donors (Lipinski definition) is 2. The lowest BCUT2D eigenvalue weighted by Crippen LogP contribution is -2.39. The van der Waals surface area contributed by atoms with Gasteiger partial charge >= 0.3 is 0 Å². The zero-order valence-electron chi connectivity index (χ0n) is 13.9. The molecule has 1 aromatic rings. The summed E-state index contributed by atoms with van der Waals surface area (Å²) < 4.78 is 7.35. The van der Waals surface area contributed by atoms with Crippen LogP contribution in [0.2, 0.25) is 0 Å². The Bertz CT molecular complexity index is 439. The zero-order valence-corrected chi connectivity index (χ0v) is 13.9. The highest BCUT2D eigenvalue weighted by Crippen LogP contribution is 2.06. The molecule has 0 aliphatic heterocycles. The molecule has 0 amide bonds. The van der Waals surface area contributed by atoms with Crippen molar-refractivity contribution in [2.45, 2.75) is 46.3 Å². The molecule has 0 aliphatic rings. The van der Waals surface area contributed by atoms with Crippen LogP contribution in [0.25, 0.3) is 0 Å². The van der Waals surface area contributed by atoms with Crippen LogP contribution in [-0.4, -0.2) is 48.1 Å². The Hall–Kier alpha value is -1.56. The van der Waals surface area contributed by atoms with Gasteiger partial charge in [0.05, 0.1) is 18.3 Å². The normalized spacial score (nSPS) is 12.5. The molecule has 2 N–H and O–H groups in total. The van der Waals surface area contributed by atoms with Crippen molar-refractivity contribution in [1.29, 1.82) is 0 Å². The lowest BCUT2D eigenvalue weighted by molar-refractivity contribution is 0.0310. The van der Waals surface area contributed by atoms with Crippen LogP contribution in [-0.2, 0) is 11.3 Å². The molecule has 0 bridgehead atoms. The van der Waals surface area contributed by atoms with Gasteiger partial charge in [0.15, 0.2) is 5.96 Å². The number of rotatable bonds is 8. The van der Waals surface area contributed by atoms with Crippen LogP contribution in [0.4, 0.5) is 0 Å². The fraction of sp³-hybridized carbons (Fsp3) is 0.733. The van der Waals surface area contributed by atoms with Crippen molar-refractivity contribution < 1.29 is 4.74 Å². The number of aryl methyl sites for hydroxylation is 2. The topological polar surface area (TPSA) is 63.5 Å². The lowest BCUT2D eigenvalue weighted by atomic mass is 10.1. The summed E-state index contributed by atoms with van der Waals surface area (Å²) >= 11 is 0. The van der Waals surface area contributed by atoms with Crippen LogP contribution in [0.5, 0.6) is 0 Å². The molecule has 0 radical (unpaired) electrons. The molecule has 0 aromatic carbocycles. The number of nitrogens with one attached hydrogen (secondary N) is 2. The predicted octanol–water partition coefficient (Wildman–Crippen LogP) is 1.56. The highest BCUT2D eigenvalue weighted by molar-refractivity contribution is 5.79. The molecule has 0 fully saturated rings. The zero-order chi connectivity index (χ0) is 15.7. The SMILES string of the molecule is CCNC(=NCC(C)(C)OC)NCCCn1cc(C)cn1. The maximum absolute atomic E-state index is 5.38. The van der Waals surface area contributed by atoms with Gasteiger partial charge in [-0.1, -0.05) is 0 Å². The van der Waals surface area contributed by atoms with E-state index in [2.05, 4.69) is 40.8 Å². The molecule has 1 aromatic heterocycles. The van der Waals surface area contributed by atoms with Crippen molar-refractivity contribution in [3.8, 4) is 0 Å². The molecule has 0 unspecified atom stereocenters. The van der Waals surface area contributed by atoms with E-state index >= 15 is 0 Å². The van der Waals surface area contributed by atoms with Gasteiger partial charge < -0.3 is 15.4 Å². The first-order chi connectivity index (χ1) is 9.96. The lowest BCUT2D eigenvalue weighted by Gasteiger charge is -2.21. The molecule has 0 atom stereocenters. The van der Waals surface area contributed by atoms with E-state index in [1.54, 1.807) is 7.11 Å². The monoisotopic (exact) mass is 295 g/mol. The Morgan fingerprint density at radius 2 is 2.19 bits per heavy atom. The average Bonchev–Trinajstić information content (AvgIpc) is 2.86. The summed E-state index contributed by atoms with van der Waals surface area (Å²) in [4.78, 5) is 4.55. The highest BCUT2D eigenvalue weighted by Gasteiger charge is 2.15. The first kappa shape index (κ1) is 17.5. The van der Waals surface area contributed by atoms with Crippen molar-refractivity contribution in [2.24, 2.45) is 4.99 Å². The second-order valence-corrected chi connectivity index (χ2v) is 5.72. The minimum atomic E-state index is -0.241. The summed E-state index contributed by atoms with van der Waals surface area (Å²) in [5.41, 5.74) is 0.953. The van der Waals surface area contributed by atoms with E-state index in [1.807, 2.05) is 24.7 Å². The standard InChI is InChI=1S/C15H29N5O/c1-6-16-14(18-12-15(3,4)21-5)17-8-7-9-20-11-13(2)10-19-20/h10-11H,6-9,12H2,1-5H3,(H2,16,17,18). The fourth-order valence-electron chi connectivity index (χ4n) is 1.71. The van der Waals surface area contributed by atoms with Gasteiger partial charge in [-0.3, -0.25) is 9.67 Å². The average molecular weight is 295 g/mol. The highest BCUT2D eigenvalue weighted by atomic mass is 16.5. The number of methoxy groups -OCH3 is 1. The van der Waals surface area contributed by atoms with Crippen LogP contribution >= 0.6 is 0 Å². The minimum absolute atomic E-state index is 0.241. The third-order valence-corrected chi connectivity index (χ3v) is 3.13. The summed E-state index contributed by atoms with van der Waals surface area (Å²) in [7, 11) is 1.71. The molecule has 120 valence electrons. The number of ether oxygens (including phenoxy) is 1. The van der Waals surface area contributed by atoms with E-state index in [0.29, 0.717) is 6.54 Å². The second kappa shape index (κ2) is 8.67. The number of aromatic nitrogens is 2. The summed E-state index contributed by atoms with van der Waals surface area (Å²) in [6.07, 6.45) is 4.94. The number of guanidine groups is 1. The van der Waals surface area contributed by atoms with Crippen LogP contribution in [0.3, 0.4) is 0 Å². The maximum atomic E-state index is 5.38. The van der Waals surface area contributed by atoms with E-state index in [9.17, 15) is 0 Å². The van der Waals surface area contributed by atoms with E-state index in [4.69, 9.17) is 4.74 Å². The molecule has 6 heteroatoms. The van der Waals surface area contributed by atoms with Gasteiger partial charge in [-0.05, 0) is 39.7 Å². The van der Waals surface area contributed by atoms with Crippen molar-refractivity contribution >= 4 is 5.96 Å². The van der Waals surface area contributed by atoms with E-state index in [-0.39, 0.29) is 5.60 Å². The van der Waals surface area contributed by atoms with Gasteiger partial charge in [-0.15, -0.1) is 0 Å². The molecule has 0 saturated carbocycles. The van der Waals surface area contributed by atoms with Crippen LogP contribution < -0.4 is 10.6 Å². The summed E-state index contributed by atoms with van der Waals surface area (Å²) in [5, 5.41) is 10.9. The minimum Gasteiger partial charge on any atom is -0.377 e. The Morgan fingerprint density at radius 1 is 1.43 bits per heavy atom. The first-order valence-corrected chi connectivity index (χ1v) is 7.53. The Morgan fingerprint density at radius 3 is 2.76 bits per heavy atom. The Balaban J connectivity index is 2.35. The van der Waals surface area contributed by atoms with Gasteiger partial charge in [-0.2, -0.15) is 5.10 Å². The van der Waals surface area contributed by atoms with E-state index < -0.39 is 0 Å². The number of nitrogens with zero attached hydrogens (tertiary/aromatic N) is 3. The third-order valence-electron chi connectivity index (χ3n) is 3.13. The van der Waals surface area contributed by atoms with Gasteiger partial charge in [0, 0.05) is 32.9 Å². The molecule has 0 saturated heterocycles. The summed E-state index contributed by atoms with van der Waals surface area (Å²) in [5.74, 6) is 0.833. The Labute approximate surface area is 128 Å². The van der Waals surface area contributed by atoms with Crippen LogP contribution in [0.15, 0.2) is 17.4 Å². The molecule has 1 rings (SSSR count). The quantitative estimate of drug-likeness (QED) is 0.434. The van der Waals surface area contributed by atoms with Gasteiger partial charge in [0.1, 0.15) is 0 Å². The second-order valence-electron chi connectivity index (χ2n) is 5.72. The fourth-order valence-corrected chi connectivity index (χ4v) is 1.71. The molecule has 6 nitrogen and oxygen atoms in total. The molecule has 1 heterocycles. The van der Waals surface area contributed by atoms with E-state index in [1.165, 1.54) is 5.56 Å². The molecule has 21 heavy (non-hydrogen) atoms. The van der Waals surface area contributed by atoms with Crippen molar-refractivity contribution in [3.05, 3.63) is 18.0 Å². The predicted molar refractivity (Wildman–Crippen MR) is 86.7 cm³/mol. The van der Waals surface area contributed by atoms with Crippen LogP contribution in [0, 0.1) is 6.92 Å². The number of aliphatic imine (C=N–C) groups is 1. The van der Waals surface area contributed by atoms with Gasteiger partial charge in [-0.25, -0.2) is 0 Å². The summed E-state index contributed by atoms with van der Waals surface area (Å²) in [6, 6.07) is 0. The smallest absolute Gasteiger partial charge is 0.191 e. The molecule has 0 aliphatic carbocycles. The third kappa shape index (κ3) is 7.13. The Kier molecular flexibility index (Phi) is 7.22.